The quantitative estimate of drug-likeness (QED) is 0.644. The molecule has 1 aromatic heterocycles. The highest BCUT2D eigenvalue weighted by atomic mass is 79.9. The van der Waals surface area contributed by atoms with Crippen molar-refractivity contribution in [2.24, 2.45) is 5.73 Å². The Balaban J connectivity index is 0.00000128. The molecule has 0 atom stereocenters. The molecule has 5 nitrogen and oxygen atoms in total. The average molecular weight is 301 g/mol. The van der Waals surface area contributed by atoms with Crippen LogP contribution in [-0.4, -0.2) is 32.5 Å². The third-order valence-electron chi connectivity index (χ3n) is 1.79. The molecule has 2 N–H and O–H groups in total. The molecule has 0 radical (unpaired) electrons. The monoisotopic (exact) mass is 300 g/mol. The van der Waals surface area contributed by atoms with Crippen molar-refractivity contribution in [3.8, 4) is 5.69 Å². The maximum atomic E-state index is 5.44. The third-order valence-corrected chi connectivity index (χ3v) is 2.74. The van der Waals surface area contributed by atoms with Crippen LogP contribution in [0.5, 0.6) is 0 Å². The Morgan fingerprint density at radius 1 is 1.25 bits per heavy atom. The van der Waals surface area contributed by atoms with Crippen LogP contribution in [0.4, 0.5) is 0 Å². The van der Waals surface area contributed by atoms with E-state index in [1.807, 2.05) is 30.3 Å². The molecular weight excluding hydrogens is 290 g/mol. The van der Waals surface area contributed by atoms with Gasteiger partial charge < -0.3 is 22.7 Å². The minimum Gasteiger partial charge on any atom is -1.00 e. The first-order valence-electron chi connectivity index (χ1n) is 4.58. The molecule has 86 valence electrons. The Kier molecular flexibility index (Phi) is 5.44. The van der Waals surface area contributed by atoms with Crippen LogP contribution in [0.1, 0.15) is 0 Å². The molecular formula is C9H11BrN5S-. The van der Waals surface area contributed by atoms with Gasteiger partial charge in [0, 0.05) is 12.3 Å². The van der Waals surface area contributed by atoms with E-state index in [2.05, 4.69) is 15.5 Å². The first-order valence-corrected chi connectivity index (χ1v) is 5.57. The Morgan fingerprint density at radius 3 is 2.69 bits per heavy atom. The summed E-state index contributed by atoms with van der Waals surface area (Å²) in [4.78, 5) is 0. The lowest BCUT2D eigenvalue weighted by Gasteiger charge is -2.02. The van der Waals surface area contributed by atoms with Crippen molar-refractivity contribution in [2.75, 3.05) is 12.3 Å². The Bertz CT molecular complexity index is 419. The predicted octanol–water partition coefficient (Wildman–Crippen LogP) is -2.28. The Morgan fingerprint density at radius 2 is 2.00 bits per heavy atom. The van der Waals surface area contributed by atoms with Crippen molar-refractivity contribution in [1.82, 2.24) is 20.2 Å². The smallest absolute Gasteiger partial charge is 0.214 e. The van der Waals surface area contributed by atoms with Gasteiger partial charge in [-0.05, 0) is 22.6 Å². The number of benzene rings is 1. The van der Waals surface area contributed by atoms with E-state index in [9.17, 15) is 0 Å². The van der Waals surface area contributed by atoms with Crippen LogP contribution in [0.2, 0.25) is 0 Å². The predicted molar refractivity (Wildman–Crippen MR) is 58.9 cm³/mol. The standard InChI is InChI=1S/C9H11N5S.BrH/c10-6-7-15-9-11-12-13-14(9)8-4-2-1-3-5-8;/h1-5H,6-7,10H2;1H/p-1. The summed E-state index contributed by atoms with van der Waals surface area (Å²) in [6, 6.07) is 9.79. The topological polar surface area (TPSA) is 69.6 Å². The fraction of sp³-hybridized carbons (Fsp3) is 0.222. The van der Waals surface area contributed by atoms with E-state index in [1.165, 1.54) is 0 Å². The van der Waals surface area contributed by atoms with E-state index in [0.29, 0.717) is 6.54 Å². The molecule has 0 amide bonds. The van der Waals surface area contributed by atoms with Crippen LogP contribution in [0.3, 0.4) is 0 Å². The van der Waals surface area contributed by atoms with Gasteiger partial charge in [0.2, 0.25) is 5.16 Å². The SMILES string of the molecule is NCCSc1nnnn1-c1ccccc1.[Br-]. The summed E-state index contributed by atoms with van der Waals surface area (Å²) in [6.07, 6.45) is 0. The van der Waals surface area contributed by atoms with E-state index in [1.54, 1.807) is 16.4 Å². The van der Waals surface area contributed by atoms with Crippen LogP contribution in [-0.2, 0) is 0 Å². The van der Waals surface area contributed by atoms with Crippen LogP contribution >= 0.6 is 11.8 Å². The van der Waals surface area contributed by atoms with Crippen LogP contribution in [0.15, 0.2) is 35.5 Å². The second-order valence-electron chi connectivity index (χ2n) is 2.85. The van der Waals surface area contributed by atoms with E-state index in [4.69, 9.17) is 5.73 Å². The summed E-state index contributed by atoms with van der Waals surface area (Å²) in [5.74, 6) is 0.813. The van der Waals surface area contributed by atoms with Gasteiger partial charge in [-0.15, -0.1) is 5.10 Å². The van der Waals surface area contributed by atoms with Gasteiger partial charge in [-0.25, -0.2) is 0 Å². The molecule has 0 aliphatic heterocycles. The second kappa shape index (κ2) is 6.62. The molecule has 0 fully saturated rings. The molecule has 7 heteroatoms. The molecule has 16 heavy (non-hydrogen) atoms. The summed E-state index contributed by atoms with van der Waals surface area (Å²) >= 11 is 1.55. The lowest BCUT2D eigenvalue weighted by Crippen LogP contribution is -3.00. The van der Waals surface area contributed by atoms with E-state index >= 15 is 0 Å². The molecule has 0 saturated carbocycles. The molecule has 0 aliphatic rings. The number of para-hydroxylation sites is 1. The maximum absolute atomic E-state index is 5.44. The number of nitrogens with zero attached hydrogens (tertiary/aromatic N) is 4. The molecule has 0 unspecified atom stereocenters. The van der Waals surface area contributed by atoms with Crippen LogP contribution in [0.25, 0.3) is 5.69 Å². The van der Waals surface area contributed by atoms with Gasteiger partial charge in [-0.1, -0.05) is 30.0 Å². The van der Waals surface area contributed by atoms with Gasteiger partial charge in [0.1, 0.15) is 0 Å². The number of hydrogen-bond donors (Lipinski definition) is 1. The number of nitrogens with two attached hydrogens (primary N) is 1. The average Bonchev–Trinajstić information content (AvgIpc) is 2.75. The van der Waals surface area contributed by atoms with Gasteiger partial charge in [0.25, 0.3) is 0 Å². The van der Waals surface area contributed by atoms with E-state index < -0.39 is 0 Å². The minimum atomic E-state index is 0. The summed E-state index contributed by atoms with van der Waals surface area (Å²) < 4.78 is 1.71. The normalized spacial score (nSPS) is 9.81. The van der Waals surface area contributed by atoms with Crippen molar-refractivity contribution in [2.45, 2.75) is 5.16 Å². The fourth-order valence-electron chi connectivity index (χ4n) is 1.15. The van der Waals surface area contributed by atoms with Crippen molar-refractivity contribution in [3.05, 3.63) is 30.3 Å². The lowest BCUT2D eigenvalue weighted by molar-refractivity contribution is -0.00000324. The number of thioether (sulfide) groups is 1. The molecule has 1 heterocycles. The van der Waals surface area contributed by atoms with Crippen molar-refractivity contribution < 1.29 is 17.0 Å². The molecule has 0 saturated heterocycles. The molecule has 0 aliphatic carbocycles. The van der Waals surface area contributed by atoms with Gasteiger partial charge in [-0.3, -0.25) is 0 Å². The van der Waals surface area contributed by atoms with Crippen molar-refractivity contribution >= 4 is 11.8 Å². The summed E-state index contributed by atoms with van der Waals surface area (Å²) in [5.41, 5.74) is 6.40. The zero-order valence-corrected chi connectivity index (χ0v) is 10.9. The highest BCUT2D eigenvalue weighted by Gasteiger charge is 2.07. The van der Waals surface area contributed by atoms with Gasteiger partial charge in [0.05, 0.1) is 5.69 Å². The molecule has 1 aromatic carbocycles. The fourth-order valence-corrected chi connectivity index (χ4v) is 1.81. The van der Waals surface area contributed by atoms with Gasteiger partial charge in [0.15, 0.2) is 0 Å². The first kappa shape index (κ1) is 13.1. The number of hydrogen-bond acceptors (Lipinski definition) is 5. The number of halogens is 1. The maximum Gasteiger partial charge on any atom is 0.214 e. The largest absolute Gasteiger partial charge is 1.00 e. The number of tetrazole rings is 1. The zero-order chi connectivity index (χ0) is 10.5. The van der Waals surface area contributed by atoms with Crippen LogP contribution in [0, 0.1) is 0 Å². The van der Waals surface area contributed by atoms with E-state index in [-0.39, 0.29) is 17.0 Å². The highest BCUT2D eigenvalue weighted by molar-refractivity contribution is 7.99. The Labute approximate surface area is 108 Å². The van der Waals surface area contributed by atoms with Gasteiger partial charge >= 0.3 is 0 Å². The van der Waals surface area contributed by atoms with Gasteiger partial charge in [-0.2, -0.15) is 4.68 Å². The van der Waals surface area contributed by atoms with Crippen molar-refractivity contribution in [1.29, 1.82) is 0 Å². The summed E-state index contributed by atoms with van der Waals surface area (Å²) in [5, 5.41) is 12.3. The molecule has 0 spiro atoms. The third kappa shape index (κ3) is 3.03. The van der Waals surface area contributed by atoms with Crippen molar-refractivity contribution in [3.63, 3.8) is 0 Å². The van der Waals surface area contributed by atoms with Crippen LogP contribution < -0.4 is 22.7 Å². The summed E-state index contributed by atoms with van der Waals surface area (Å²) in [7, 11) is 0. The highest BCUT2D eigenvalue weighted by Crippen LogP contribution is 2.16. The molecule has 2 rings (SSSR count). The minimum absolute atomic E-state index is 0. The zero-order valence-electron chi connectivity index (χ0n) is 8.45. The first-order chi connectivity index (χ1) is 7.42. The lowest BCUT2D eigenvalue weighted by atomic mass is 10.3. The summed E-state index contributed by atoms with van der Waals surface area (Å²) in [6.45, 7) is 0.617. The molecule has 2 aromatic rings. The number of aromatic nitrogens is 4. The Hall–Kier alpha value is -0.920. The second-order valence-corrected chi connectivity index (χ2v) is 3.91. The molecule has 0 bridgehead atoms. The van der Waals surface area contributed by atoms with E-state index in [0.717, 1.165) is 16.6 Å². The number of rotatable bonds is 4.